The molecule has 12 aromatic rings. The number of pyridine rings is 2. The minimum atomic E-state index is 0.583. The van der Waals surface area contributed by atoms with Gasteiger partial charge in [-0.25, -0.2) is 15.0 Å². The quantitative estimate of drug-likeness (QED) is 0.161. The molecule has 0 bridgehead atoms. The van der Waals surface area contributed by atoms with Gasteiger partial charge in [0.25, 0.3) is 0 Å². The molecule has 0 N–H and O–H groups in total. The Bertz CT molecular complexity index is 3380. The normalized spacial score (nSPS) is 11.5. The SMILES string of the molecule is c1ccc(-c2nc(-c3ccccc3)nc(-c3cc(-n4c5ccccc5c5cc(-c6cccnc6)ccc54)cc(-n4c5ccccc5c5cc(-c6cccnc6)ccc54)c3)n2)cc1. The Morgan fingerprint density at radius 2 is 0.677 bits per heavy atom. The van der Waals surface area contributed by atoms with Crippen molar-refractivity contribution in [2.24, 2.45) is 0 Å². The lowest BCUT2D eigenvalue weighted by Gasteiger charge is -2.16. The average molecular weight is 794 g/mol. The molecule has 0 saturated carbocycles. The van der Waals surface area contributed by atoms with Gasteiger partial charge in [-0.2, -0.15) is 0 Å². The Hall–Kier alpha value is -8.55. The fourth-order valence-corrected chi connectivity index (χ4v) is 8.85. The maximum absolute atomic E-state index is 5.23. The molecule has 7 aromatic carbocycles. The van der Waals surface area contributed by atoms with Gasteiger partial charge in [0, 0.05) is 85.5 Å². The smallest absolute Gasteiger partial charge is 0.164 e. The van der Waals surface area contributed by atoms with Crippen molar-refractivity contribution in [3.8, 4) is 67.8 Å². The van der Waals surface area contributed by atoms with Crippen molar-refractivity contribution in [1.82, 2.24) is 34.1 Å². The van der Waals surface area contributed by atoms with Crippen molar-refractivity contribution in [3.63, 3.8) is 0 Å². The van der Waals surface area contributed by atoms with Crippen LogP contribution in [0.4, 0.5) is 0 Å². The number of benzene rings is 7. The molecule has 0 saturated heterocycles. The van der Waals surface area contributed by atoms with Crippen LogP contribution in [-0.4, -0.2) is 34.1 Å². The van der Waals surface area contributed by atoms with Gasteiger partial charge in [-0.15, -0.1) is 0 Å². The van der Waals surface area contributed by atoms with Crippen LogP contribution in [0.15, 0.2) is 213 Å². The summed E-state index contributed by atoms with van der Waals surface area (Å²) in [6.07, 6.45) is 7.47. The molecule has 0 aliphatic heterocycles. The molecule has 0 amide bonds. The van der Waals surface area contributed by atoms with Gasteiger partial charge in [-0.3, -0.25) is 9.97 Å². The Balaban J connectivity index is 1.15. The van der Waals surface area contributed by atoms with E-state index in [1.165, 1.54) is 0 Å². The van der Waals surface area contributed by atoms with Gasteiger partial charge >= 0.3 is 0 Å². The predicted molar refractivity (Wildman–Crippen MR) is 251 cm³/mol. The summed E-state index contributed by atoms with van der Waals surface area (Å²) in [6, 6.07) is 65.9. The molecule has 290 valence electrons. The van der Waals surface area contributed by atoms with Crippen LogP contribution in [0.3, 0.4) is 0 Å². The Labute approximate surface area is 356 Å². The maximum atomic E-state index is 5.23. The zero-order valence-electron chi connectivity index (χ0n) is 33.3. The zero-order chi connectivity index (χ0) is 41.0. The minimum absolute atomic E-state index is 0.583. The lowest BCUT2D eigenvalue weighted by molar-refractivity contribution is 1.07. The molecule has 0 atom stereocenters. The molecule has 0 radical (unpaired) electrons. The Kier molecular flexibility index (Phi) is 8.35. The summed E-state index contributed by atoms with van der Waals surface area (Å²) in [5.41, 5.74) is 13.4. The molecule has 5 heterocycles. The topological polar surface area (TPSA) is 74.3 Å². The highest BCUT2D eigenvalue weighted by molar-refractivity contribution is 6.12. The molecular weight excluding hydrogens is 759 g/mol. The van der Waals surface area contributed by atoms with E-state index in [-0.39, 0.29) is 0 Å². The predicted octanol–water partition coefficient (Wildman–Crippen LogP) is 13.2. The van der Waals surface area contributed by atoms with Crippen LogP contribution in [0.1, 0.15) is 0 Å². The standard InChI is InChI=1S/C55H35N7/c1-3-13-36(14-4-1)53-58-54(37-15-5-2-6-16-37)60-55(59-53)42-29-43(61-49-21-9-7-19-45(49)47-31-38(23-25-51(47)61)40-17-11-27-56-34-40)33-44(30-42)62-50-22-10-8-20-46(50)48-32-39(24-26-52(48)62)41-18-12-28-57-35-41/h1-35H. The molecule has 0 spiro atoms. The van der Waals surface area contributed by atoms with Crippen molar-refractivity contribution in [2.75, 3.05) is 0 Å². The van der Waals surface area contributed by atoms with Crippen molar-refractivity contribution in [1.29, 1.82) is 0 Å². The third-order valence-corrected chi connectivity index (χ3v) is 11.7. The molecule has 7 heteroatoms. The average Bonchev–Trinajstić information content (AvgIpc) is 3.87. The zero-order valence-corrected chi connectivity index (χ0v) is 33.3. The molecule has 7 nitrogen and oxygen atoms in total. The summed E-state index contributed by atoms with van der Waals surface area (Å²) >= 11 is 0. The molecule has 0 aliphatic rings. The van der Waals surface area contributed by atoms with E-state index in [4.69, 9.17) is 15.0 Å². The summed E-state index contributed by atoms with van der Waals surface area (Å²) in [5, 5.41) is 4.65. The lowest BCUT2D eigenvalue weighted by atomic mass is 10.0. The van der Waals surface area contributed by atoms with E-state index in [1.54, 1.807) is 0 Å². The maximum Gasteiger partial charge on any atom is 0.164 e. The number of hydrogen-bond acceptors (Lipinski definition) is 5. The van der Waals surface area contributed by atoms with Crippen LogP contribution in [-0.2, 0) is 0 Å². The number of hydrogen-bond donors (Lipinski definition) is 0. The number of nitrogens with zero attached hydrogens (tertiary/aromatic N) is 7. The van der Waals surface area contributed by atoms with E-state index < -0.39 is 0 Å². The Morgan fingerprint density at radius 3 is 1.13 bits per heavy atom. The monoisotopic (exact) mass is 793 g/mol. The summed E-state index contributed by atoms with van der Waals surface area (Å²) in [4.78, 5) is 24.3. The summed E-state index contributed by atoms with van der Waals surface area (Å²) < 4.78 is 4.74. The second-order valence-corrected chi connectivity index (χ2v) is 15.4. The van der Waals surface area contributed by atoms with E-state index in [9.17, 15) is 0 Å². The van der Waals surface area contributed by atoms with E-state index in [1.807, 2.05) is 97.6 Å². The molecule has 5 aromatic heterocycles. The van der Waals surface area contributed by atoms with E-state index >= 15 is 0 Å². The third-order valence-electron chi connectivity index (χ3n) is 11.7. The van der Waals surface area contributed by atoms with Gasteiger partial charge in [-0.1, -0.05) is 121 Å². The van der Waals surface area contributed by atoms with Crippen LogP contribution < -0.4 is 0 Å². The lowest BCUT2D eigenvalue weighted by Crippen LogP contribution is -2.03. The molecule has 0 unspecified atom stereocenters. The number of para-hydroxylation sites is 2. The first kappa shape index (κ1) is 35.4. The van der Waals surface area contributed by atoms with Crippen molar-refractivity contribution >= 4 is 43.6 Å². The fraction of sp³-hybridized carbons (Fsp3) is 0. The highest BCUT2D eigenvalue weighted by atomic mass is 15.0. The summed E-state index contributed by atoms with van der Waals surface area (Å²) in [5.74, 6) is 1.81. The van der Waals surface area contributed by atoms with Crippen LogP contribution in [0, 0.1) is 0 Å². The second-order valence-electron chi connectivity index (χ2n) is 15.4. The fourth-order valence-electron chi connectivity index (χ4n) is 8.85. The van der Waals surface area contributed by atoms with Gasteiger partial charge in [0.15, 0.2) is 17.5 Å². The van der Waals surface area contributed by atoms with Crippen LogP contribution >= 0.6 is 0 Å². The summed E-state index contributed by atoms with van der Waals surface area (Å²) in [6.45, 7) is 0. The van der Waals surface area contributed by atoms with Crippen LogP contribution in [0.2, 0.25) is 0 Å². The first-order chi connectivity index (χ1) is 30.7. The van der Waals surface area contributed by atoms with E-state index in [0.29, 0.717) is 17.5 Å². The Morgan fingerprint density at radius 1 is 0.274 bits per heavy atom. The van der Waals surface area contributed by atoms with Crippen molar-refractivity contribution in [3.05, 3.63) is 213 Å². The number of fused-ring (bicyclic) bond motifs is 6. The molecule has 0 fully saturated rings. The van der Waals surface area contributed by atoms with Gasteiger partial charge in [0.05, 0.1) is 22.1 Å². The summed E-state index contributed by atoms with van der Waals surface area (Å²) in [7, 11) is 0. The van der Waals surface area contributed by atoms with Gasteiger partial charge in [-0.05, 0) is 77.9 Å². The number of rotatable bonds is 7. The van der Waals surface area contributed by atoms with E-state index in [2.05, 4.69) is 134 Å². The molecule has 62 heavy (non-hydrogen) atoms. The first-order valence-corrected chi connectivity index (χ1v) is 20.6. The second kappa shape index (κ2) is 14.6. The molecule has 12 rings (SSSR count). The molecule has 0 aliphatic carbocycles. The molecular formula is C55H35N7. The van der Waals surface area contributed by atoms with Crippen LogP contribution in [0.25, 0.3) is 111 Å². The van der Waals surface area contributed by atoms with Gasteiger partial charge in [0.2, 0.25) is 0 Å². The minimum Gasteiger partial charge on any atom is -0.309 e. The largest absolute Gasteiger partial charge is 0.309 e. The van der Waals surface area contributed by atoms with Crippen molar-refractivity contribution in [2.45, 2.75) is 0 Å². The third kappa shape index (κ3) is 6.02. The van der Waals surface area contributed by atoms with Gasteiger partial charge < -0.3 is 9.13 Å². The highest BCUT2D eigenvalue weighted by Gasteiger charge is 2.20. The van der Waals surface area contributed by atoms with Crippen molar-refractivity contribution < 1.29 is 0 Å². The van der Waals surface area contributed by atoms with E-state index in [0.717, 1.165) is 93.9 Å². The highest BCUT2D eigenvalue weighted by Crippen LogP contribution is 2.40. The van der Waals surface area contributed by atoms with Gasteiger partial charge in [0.1, 0.15) is 0 Å². The van der Waals surface area contributed by atoms with Crippen LogP contribution in [0.5, 0.6) is 0 Å². The number of aromatic nitrogens is 7. The first-order valence-electron chi connectivity index (χ1n) is 20.6.